The Morgan fingerprint density at radius 2 is 2.23 bits per heavy atom. The third-order valence-electron chi connectivity index (χ3n) is 2.04. The maximum Gasteiger partial charge on any atom is 0.149 e. The molecule has 1 aromatic heterocycles. The highest BCUT2D eigenvalue weighted by Gasteiger charge is 2.13. The average molecular weight is 182 g/mol. The van der Waals surface area contributed by atoms with Crippen molar-refractivity contribution in [1.82, 2.24) is 14.8 Å². The average Bonchev–Trinajstić information content (AvgIpc) is 2.49. The van der Waals surface area contributed by atoms with Crippen LogP contribution in [-0.2, 0) is 6.54 Å². The van der Waals surface area contributed by atoms with Crippen LogP contribution in [0.1, 0.15) is 39.1 Å². The summed E-state index contributed by atoms with van der Waals surface area (Å²) in [7, 11) is 0. The summed E-state index contributed by atoms with van der Waals surface area (Å²) >= 11 is 0. The van der Waals surface area contributed by atoms with Crippen LogP contribution >= 0.6 is 0 Å². The monoisotopic (exact) mass is 182 g/mol. The Morgan fingerprint density at radius 1 is 1.54 bits per heavy atom. The van der Waals surface area contributed by atoms with E-state index in [1.807, 2.05) is 4.57 Å². The van der Waals surface area contributed by atoms with Crippen LogP contribution in [0.2, 0.25) is 0 Å². The highest BCUT2D eigenvalue weighted by Crippen LogP contribution is 2.16. The van der Waals surface area contributed by atoms with Crippen LogP contribution in [0, 0.1) is 5.92 Å². The van der Waals surface area contributed by atoms with E-state index in [-0.39, 0.29) is 6.04 Å². The van der Waals surface area contributed by atoms with Crippen LogP contribution in [0.5, 0.6) is 0 Å². The molecule has 0 fully saturated rings. The first kappa shape index (κ1) is 10.2. The molecule has 0 amide bonds. The quantitative estimate of drug-likeness (QED) is 0.764. The van der Waals surface area contributed by atoms with Gasteiger partial charge in [0.25, 0.3) is 0 Å². The van der Waals surface area contributed by atoms with Gasteiger partial charge in [-0.05, 0) is 19.3 Å². The van der Waals surface area contributed by atoms with E-state index in [0.717, 1.165) is 18.8 Å². The summed E-state index contributed by atoms with van der Waals surface area (Å²) in [5, 5.41) is 7.88. The Morgan fingerprint density at radius 3 is 2.77 bits per heavy atom. The molecule has 0 aliphatic heterocycles. The largest absolute Gasteiger partial charge is 0.321 e. The van der Waals surface area contributed by atoms with Crippen LogP contribution in [0.25, 0.3) is 0 Å². The molecule has 0 saturated heterocycles. The van der Waals surface area contributed by atoms with Gasteiger partial charge in [0.05, 0.1) is 6.04 Å². The lowest BCUT2D eigenvalue weighted by Gasteiger charge is -2.13. The van der Waals surface area contributed by atoms with E-state index < -0.39 is 0 Å². The van der Waals surface area contributed by atoms with Gasteiger partial charge < -0.3 is 10.3 Å². The molecule has 0 aliphatic carbocycles. The molecule has 0 bridgehead atoms. The maximum absolute atomic E-state index is 5.99. The highest BCUT2D eigenvalue weighted by atomic mass is 15.3. The summed E-state index contributed by atoms with van der Waals surface area (Å²) in [5.74, 6) is 1.49. The normalized spacial score (nSPS) is 13.6. The smallest absolute Gasteiger partial charge is 0.149 e. The van der Waals surface area contributed by atoms with Gasteiger partial charge in [0.15, 0.2) is 0 Å². The van der Waals surface area contributed by atoms with Crippen LogP contribution in [-0.4, -0.2) is 14.8 Å². The Kier molecular flexibility index (Phi) is 3.42. The lowest BCUT2D eigenvalue weighted by atomic mass is 10.0. The van der Waals surface area contributed by atoms with Gasteiger partial charge in [-0.25, -0.2) is 0 Å². The van der Waals surface area contributed by atoms with Gasteiger partial charge in [-0.2, -0.15) is 0 Å². The first-order valence-corrected chi connectivity index (χ1v) is 4.78. The van der Waals surface area contributed by atoms with Crippen LogP contribution in [0.3, 0.4) is 0 Å². The summed E-state index contributed by atoms with van der Waals surface area (Å²) in [4.78, 5) is 0. The van der Waals surface area contributed by atoms with Crippen molar-refractivity contribution in [2.45, 2.75) is 39.8 Å². The minimum Gasteiger partial charge on any atom is -0.321 e. The van der Waals surface area contributed by atoms with E-state index in [0.29, 0.717) is 5.92 Å². The van der Waals surface area contributed by atoms with E-state index in [1.165, 1.54) is 0 Å². The topological polar surface area (TPSA) is 56.7 Å². The summed E-state index contributed by atoms with van der Waals surface area (Å²) in [6.45, 7) is 7.27. The predicted octanol–water partition coefficient (Wildman–Crippen LogP) is 1.34. The van der Waals surface area contributed by atoms with Crippen molar-refractivity contribution >= 4 is 0 Å². The first-order valence-electron chi connectivity index (χ1n) is 4.78. The molecule has 0 spiro atoms. The molecule has 1 rings (SSSR count). The second kappa shape index (κ2) is 4.37. The fourth-order valence-corrected chi connectivity index (χ4v) is 1.41. The zero-order valence-electron chi connectivity index (χ0n) is 8.57. The van der Waals surface area contributed by atoms with E-state index in [2.05, 4.69) is 31.0 Å². The molecule has 13 heavy (non-hydrogen) atoms. The van der Waals surface area contributed by atoms with Crippen molar-refractivity contribution in [3.63, 3.8) is 0 Å². The molecule has 2 N–H and O–H groups in total. The lowest BCUT2D eigenvalue weighted by molar-refractivity contribution is 0.476. The molecule has 0 saturated carbocycles. The Labute approximate surface area is 79.2 Å². The van der Waals surface area contributed by atoms with Crippen molar-refractivity contribution in [3.8, 4) is 0 Å². The lowest BCUT2D eigenvalue weighted by Crippen LogP contribution is -2.18. The maximum atomic E-state index is 5.99. The van der Waals surface area contributed by atoms with Gasteiger partial charge in [0, 0.05) is 6.54 Å². The minimum absolute atomic E-state index is 0.0162. The van der Waals surface area contributed by atoms with Crippen molar-refractivity contribution in [3.05, 3.63) is 12.2 Å². The Balaban J connectivity index is 2.69. The fourth-order valence-electron chi connectivity index (χ4n) is 1.41. The highest BCUT2D eigenvalue weighted by molar-refractivity contribution is 4.93. The van der Waals surface area contributed by atoms with Gasteiger partial charge in [-0.15, -0.1) is 10.2 Å². The van der Waals surface area contributed by atoms with Crippen LogP contribution < -0.4 is 5.73 Å². The van der Waals surface area contributed by atoms with Gasteiger partial charge in [0.2, 0.25) is 0 Å². The first-order chi connectivity index (χ1) is 6.15. The fraction of sp³-hybridized carbons (Fsp3) is 0.778. The van der Waals surface area contributed by atoms with Gasteiger partial charge in [0.1, 0.15) is 12.2 Å². The van der Waals surface area contributed by atoms with Crippen molar-refractivity contribution in [1.29, 1.82) is 0 Å². The van der Waals surface area contributed by atoms with E-state index in [9.17, 15) is 0 Å². The molecule has 0 radical (unpaired) electrons. The Hall–Kier alpha value is -0.900. The number of nitrogens with zero attached hydrogens (tertiary/aromatic N) is 3. The third-order valence-corrected chi connectivity index (χ3v) is 2.04. The second-order valence-corrected chi connectivity index (χ2v) is 3.71. The molecule has 74 valence electrons. The van der Waals surface area contributed by atoms with Gasteiger partial charge >= 0.3 is 0 Å². The van der Waals surface area contributed by atoms with Crippen molar-refractivity contribution in [2.75, 3.05) is 0 Å². The SMILES string of the molecule is CCn1cnnc1[C@@H](N)CC(C)C. The molecule has 1 heterocycles. The zero-order valence-corrected chi connectivity index (χ0v) is 8.57. The summed E-state index contributed by atoms with van der Waals surface area (Å²) in [5.41, 5.74) is 5.99. The number of hydrogen-bond donors (Lipinski definition) is 1. The van der Waals surface area contributed by atoms with Gasteiger partial charge in [-0.1, -0.05) is 13.8 Å². The molecule has 0 aliphatic rings. The summed E-state index contributed by atoms with van der Waals surface area (Å²) in [6, 6.07) is 0.0162. The Bertz CT molecular complexity index is 254. The molecule has 4 heteroatoms. The molecule has 1 atom stereocenters. The van der Waals surface area contributed by atoms with E-state index >= 15 is 0 Å². The molecule has 4 nitrogen and oxygen atoms in total. The molecular weight excluding hydrogens is 164 g/mol. The minimum atomic E-state index is 0.0162. The zero-order chi connectivity index (χ0) is 9.84. The number of aromatic nitrogens is 3. The molecule has 1 aromatic rings. The number of rotatable bonds is 4. The number of nitrogens with two attached hydrogens (primary N) is 1. The number of hydrogen-bond acceptors (Lipinski definition) is 3. The molecule has 0 unspecified atom stereocenters. The number of aryl methyl sites for hydroxylation is 1. The van der Waals surface area contributed by atoms with E-state index in [1.54, 1.807) is 6.33 Å². The molecule has 0 aromatic carbocycles. The van der Waals surface area contributed by atoms with Crippen LogP contribution in [0.4, 0.5) is 0 Å². The van der Waals surface area contributed by atoms with Crippen molar-refractivity contribution in [2.24, 2.45) is 11.7 Å². The van der Waals surface area contributed by atoms with E-state index in [4.69, 9.17) is 5.73 Å². The third kappa shape index (κ3) is 2.52. The second-order valence-electron chi connectivity index (χ2n) is 3.71. The standard InChI is InChI=1S/C9H18N4/c1-4-13-6-11-12-9(13)8(10)5-7(2)3/h6-8H,4-5,10H2,1-3H3/t8-/m0/s1. The van der Waals surface area contributed by atoms with Gasteiger partial charge in [-0.3, -0.25) is 0 Å². The predicted molar refractivity (Wildman–Crippen MR) is 52.1 cm³/mol. The van der Waals surface area contributed by atoms with Crippen molar-refractivity contribution < 1.29 is 0 Å². The van der Waals surface area contributed by atoms with Crippen LogP contribution in [0.15, 0.2) is 6.33 Å². The summed E-state index contributed by atoms with van der Waals surface area (Å²) in [6.07, 6.45) is 2.69. The molecular formula is C9H18N4. The summed E-state index contributed by atoms with van der Waals surface area (Å²) < 4.78 is 1.99.